The molecular weight excluding hydrogens is 344 g/mol. The molecule has 7 nitrogen and oxygen atoms in total. The molecule has 0 unspecified atom stereocenters. The molecule has 0 spiro atoms. The van der Waals surface area contributed by atoms with Gasteiger partial charge in [0.15, 0.2) is 23.0 Å². The molecule has 0 aliphatic heterocycles. The summed E-state index contributed by atoms with van der Waals surface area (Å²) < 4.78 is 32.1. The van der Waals surface area contributed by atoms with E-state index in [4.69, 9.17) is 4.74 Å². The molecule has 26 heavy (non-hydrogen) atoms. The Hall–Kier alpha value is -3.49. The number of nitrogens with zero attached hydrogens (tertiary/aromatic N) is 2. The van der Waals surface area contributed by atoms with Crippen molar-refractivity contribution < 1.29 is 18.3 Å². The van der Waals surface area contributed by atoms with E-state index in [-0.39, 0.29) is 5.69 Å². The van der Waals surface area contributed by atoms with Crippen molar-refractivity contribution in [1.82, 2.24) is 20.2 Å². The number of carbonyl (C=O) groups excluding carboxylic acids is 1. The first-order valence-corrected chi connectivity index (χ1v) is 7.82. The number of anilines is 1. The number of hydrogen-bond acceptors (Lipinski definition) is 4. The van der Waals surface area contributed by atoms with Crippen molar-refractivity contribution in [3.8, 4) is 5.88 Å². The van der Waals surface area contributed by atoms with Crippen molar-refractivity contribution in [3.05, 3.63) is 47.8 Å². The predicted molar refractivity (Wildman–Crippen MR) is 91.2 cm³/mol. The van der Waals surface area contributed by atoms with Crippen LogP contribution in [0.2, 0.25) is 0 Å². The number of pyridine rings is 1. The fourth-order valence-electron chi connectivity index (χ4n) is 2.69. The highest BCUT2D eigenvalue weighted by atomic mass is 19.2. The Labute approximate surface area is 145 Å². The van der Waals surface area contributed by atoms with Gasteiger partial charge in [-0.25, -0.2) is 8.78 Å². The number of nitrogens with one attached hydrogen (secondary N) is 3. The molecule has 0 fully saturated rings. The number of halogens is 2. The van der Waals surface area contributed by atoms with E-state index in [1.165, 1.54) is 6.20 Å². The summed E-state index contributed by atoms with van der Waals surface area (Å²) in [5, 5.41) is 10.2. The van der Waals surface area contributed by atoms with E-state index in [1.54, 1.807) is 12.1 Å². The van der Waals surface area contributed by atoms with Gasteiger partial charge in [-0.3, -0.25) is 9.89 Å². The normalized spacial score (nSPS) is 11.2. The lowest BCUT2D eigenvalue weighted by Crippen LogP contribution is -2.12. The van der Waals surface area contributed by atoms with Crippen molar-refractivity contribution in [2.45, 2.75) is 6.92 Å². The average molecular weight is 357 g/mol. The fraction of sp³-hybridized carbons (Fsp3) is 0.118. The highest BCUT2D eigenvalue weighted by molar-refractivity contribution is 6.13. The maximum Gasteiger partial charge on any atom is 0.276 e. The summed E-state index contributed by atoms with van der Waals surface area (Å²) in [4.78, 5) is 19.6. The monoisotopic (exact) mass is 357 g/mol. The quantitative estimate of drug-likeness (QED) is 0.522. The molecule has 1 aromatic carbocycles. The van der Waals surface area contributed by atoms with Crippen molar-refractivity contribution >= 4 is 33.5 Å². The fourth-order valence-corrected chi connectivity index (χ4v) is 2.69. The van der Waals surface area contributed by atoms with Gasteiger partial charge in [0.1, 0.15) is 0 Å². The number of ether oxygens (including phenoxy) is 1. The lowest BCUT2D eigenvalue weighted by molar-refractivity contribution is 0.102. The highest BCUT2D eigenvalue weighted by Gasteiger charge is 2.18. The topological polar surface area (TPSA) is 95.7 Å². The zero-order valence-corrected chi connectivity index (χ0v) is 13.6. The van der Waals surface area contributed by atoms with Gasteiger partial charge in [0, 0.05) is 23.7 Å². The van der Waals surface area contributed by atoms with Gasteiger partial charge in [-0.05, 0) is 19.1 Å². The Morgan fingerprint density at radius 3 is 2.85 bits per heavy atom. The lowest BCUT2D eigenvalue weighted by Gasteiger charge is -2.03. The van der Waals surface area contributed by atoms with Crippen molar-refractivity contribution in [2.75, 3.05) is 11.9 Å². The zero-order chi connectivity index (χ0) is 18.3. The Balaban J connectivity index is 1.66. The molecular formula is C17H13F2N5O2. The van der Waals surface area contributed by atoms with Crippen LogP contribution in [0.15, 0.2) is 30.5 Å². The van der Waals surface area contributed by atoms with Crippen molar-refractivity contribution in [2.24, 2.45) is 0 Å². The highest BCUT2D eigenvalue weighted by Crippen LogP contribution is 2.26. The molecule has 1 amide bonds. The van der Waals surface area contributed by atoms with Crippen LogP contribution in [-0.4, -0.2) is 32.7 Å². The first kappa shape index (κ1) is 16.0. The molecule has 0 bridgehead atoms. The number of aromatic nitrogens is 4. The molecule has 0 atom stereocenters. The van der Waals surface area contributed by atoms with E-state index >= 15 is 0 Å². The van der Waals surface area contributed by atoms with E-state index < -0.39 is 17.5 Å². The minimum Gasteiger partial charge on any atom is -0.478 e. The Morgan fingerprint density at radius 1 is 1.23 bits per heavy atom. The first-order valence-electron chi connectivity index (χ1n) is 7.82. The number of hydrogen-bond donors (Lipinski definition) is 3. The summed E-state index contributed by atoms with van der Waals surface area (Å²) in [5.41, 5.74) is 1.23. The smallest absolute Gasteiger partial charge is 0.276 e. The minimum absolute atomic E-state index is 0.132. The largest absolute Gasteiger partial charge is 0.478 e. The molecule has 0 aliphatic rings. The third-order valence-corrected chi connectivity index (χ3v) is 3.88. The van der Waals surface area contributed by atoms with E-state index in [0.717, 1.165) is 12.1 Å². The summed E-state index contributed by atoms with van der Waals surface area (Å²) in [6, 6.07) is 5.37. The summed E-state index contributed by atoms with van der Waals surface area (Å²) in [6.45, 7) is 2.31. The van der Waals surface area contributed by atoms with Crippen LogP contribution in [0.5, 0.6) is 5.88 Å². The Kier molecular flexibility index (Phi) is 3.76. The van der Waals surface area contributed by atoms with Gasteiger partial charge in [-0.15, -0.1) is 0 Å². The first-order chi connectivity index (χ1) is 12.6. The van der Waals surface area contributed by atoms with E-state index in [1.807, 2.05) is 6.92 Å². The van der Waals surface area contributed by atoms with Crippen LogP contribution in [0.25, 0.3) is 21.9 Å². The number of H-pyrrole nitrogens is 2. The zero-order valence-electron chi connectivity index (χ0n) is 13.6. The summed E-state index contributed by atoms with van der Waals surface area (Å²) in [6.07, 6.45) is 1.46. The van der Waals surface area contributed by atoms with Crippen molar-refractivity contribution in [3.63, 3.8) is 0 Å². The molecule has 4 rings (SSSR count). The molecule has 0 radical (unpaired) electrons. The molecule has 3 aromatic heterocycles. The van der Waals surface area contributed by atoms with E-state index in [2.05, 4.69) is 25.5 Å². The molecule has 0 saturated carbocycles. The summed E-state index contributed by atoms with van der Waals surface area (Å²) in [7, 11) is 0. The number of fused-ring (bicyclic) bond motifs is 2. The Bertz CT molecular complexity index is 1140. The molecule has 9 heteroatoms. The second kappa shape index (κ2) is 6.10. The lowest BCUT2D eigenvalue weighted by atomic mass is 10.2. The third-order valence-electron chi connectivity index (χ3n) is 3.88. The van der Waals surface area contributed by atoms with Crippen LogP contribution >= 0.6 is 0 Å². The van der Waals surface area contributed by atoms with Gasteiger partial charge in [-0.1, -0.05) is 0 Å². The summed E-state index contributed by atoms with van der Waals surface area (Å²) in [5.74, 6) is -2.05. The molecule has 3 N–H and O–H groups in total. The van der Waals surface area contributed by atoms with Crippen LogP contribution in [0.3, 0.4) is 0 Å². The second-order valence-electron chi connectivity index (χ2n) is 5.52. The average Bonchev–Trinajstić information content (AvgIpc) is 3.20. The van der Waals surface area contributed by atoms with Crippen LogP contribution in [0.1, 0.15) is 17.4 Å². The molecule has 4 aromatic rings. The standard InChI is InChI=1S/C17H13F2N5O2/c1-2-26-14-4-3-8-15(23-24-16(8)22-14)17(25)21-13-7-20-12-6-11(19)10(18)5-9(12)13/h3-7,20H,2H2,1H3,(H,21,25)(H,22,23,24). The van der Waals surface area contributed by atoms with Gasteiger partial charge in [0.25, 0.3) is 5.91 Å². The van der Waals surface area contributed by atoms with Crippen LogP contribution in [-0.2, 0) is 0 Å². The minimum atomic E-state index is -0.995. The second-order valence-corrected chi connectivity index (χ2v) is 5.52. The molecule has 0 aliphatic carbocycles. The molecule has 0 saturated heterocycles. The van der Waals surface area contributed by atoms with Crippen LogP contribution < -0.4 is 10.1 Å². The SMILES string of the molecule is CCOc1ccc2c(C(=O)Nc3c[nH]c4cc(F)c(F)cc34)n[nH]c2n1. The van der Waals surface area contributed by atoms with Gasteiger partial charge in [-0.2, -0.15) is 10.1 Å². The van der Waals surface area contributed by atoms with Crippen molar-refractivity contribution in [1.29, 1.82) is 0 Å². The van der Waals surface area contributed by atoms with Gasteiger partial charge in [0.2, 0.25) is 5.88 Å². The predicted octanol–water partition coefficient (Wildman–Crippen LogP) is 3.37. The van der Waals surface area contributed by atoms with Gasteiger partial charge in [0.05, 0.1) is 23.2 Å². The van der Waals surface area contributed by atoms with Gasteiger partial charge < -0.3 is 15.0 Å². The summed E-state index contributed by atoms with van der Waals surface area (Å²) >= 11 is 0. The maximum absolute atomic E-state index is 13.5. The van der Waals surface area contributed by atoms with Crippen LogP contribution in [0.4, 0.5) is 14.5 Å². The number of benzene rings is 1. The van der Waals surface area contributed by atoms with Crippen LogP contribution in [0, 0.1) is 11.6 Å². The number of carbonyl (C=O) groups is 1. The number of rotatable bonds is 4. The molecule has 132 valence electrons. The maximum atomic E-state index is 13.5. The number of aromatic amines is 2. The third kappa shape index (κ3) is 2.63. The van der Waals surface area contributed by atoms with Gasteiger partial charge >= 0.3 is 0 Å². The number of amides is 1. The van der Waals surface area contributed by atoms with E-state index in [0.29, 0.717) is 40.1 Å². The molecule has 3 heterocycles. The Morgan fingerprint density at radius 2 is 2.04 bits per heavy atom. The van der Waals surface area contributed by atoms with E-state index in [9.17, 15) is 13.6 Å².